The van der Waals surface area contributed by atoms with E-state index in [0.29, 0.717) is 15.2 Å². The summed E-state index contributed by atoms with van der Waals surface area (Å²) in [7, 11) is 0. The maximum absolute atomic E-state index is 6.15. The summed E-state index contributed by atoms with van der Waals surface area (Å²) in [5, 5.41) is 9.00. The van der Waals surface area contributed by atoms with Crippen LogP contribution in [-0.4, -0.2) is 17.4 Å². The molecule has 24 heavy (non-hydrogen) atoms. The summed E-state index contributed by atoms with van der Waals surface area (Å²) in [6, 6.07) is 11.3. The molecule has 0 fully saturated rings. The number of hydrogen-bond donors (Lipinski definition) is 2. The molecule has 0 atom stereocenters. The fourth-order valence-electron chi connectivity index (χ4n) is 1.93. The Kier molecular flexibility index (Phi) is 7.98. The van der Waals surface area contributed by atoms with Crippen molar-refractivity contribution in [2.75, 3.05) is 17.6 Å². The average Bonchev–Trinajstić information content (AvgIpc) is 2.53. The Morgan fingerprint density at radius 3 is 2.46 bits per heavy atom. The quantitative estimate of drug-likeness (QED) is 0.431. The number of nitrogens with one attached hydrogen (secondary N) is 2. The minimum atomic E-state index is 0.575. The number of rotatable bonds is 6. The van der Waals surface area contributed by atoms with Crippen LogP contribution in [0.15, 0.2) is 36.4 Å². The number of anilines is 1. The first-order chi connectivity index (χ1) is 11.5. The van der Waals surface area contributed by atoms with Crippen molar-refractivity contribution in [1.82, 2.24) is 5.32 Å². The minimum Gasteiger partial charge on any atom is -0.362 e. The van der Waals surface area contributed by atoms with Crippen molar-refractivity contribution in [2.45, 2.75) is 12.7 Å². The predicted molar refractivity (Wildman–Crippen MR) is 113 cm³/mol. The first kappa shape index (κ1) is 19.7. The Morgan fingerprint density at radius 2 is 1.79 bits per heavy atom. The second-order valence-corrected chi connectivity index (χ2v) is 7.83. The molecule has 0 aromatic heterocycles. The van der Waals surface area contributed by atoms with E-state index >= 15 is 0 Å². The van der Waals surface area contributed by atoms with Crippen LogP contribution >= 0.6 is 58.8 Å². The van der Waals surface area contributed by atoms with Gasteiger partial charge < -0.3 is 10.6 Å². The zero-order chi connectivity index (χ0) is 17.5. The normalized spacial score (nSPS) is 10.5. The Morgan fingerprint density at radius 1 is 1.08 bits per heavy atom. The molecule has 0 unspecified atom stereocenters. The number of halogens is 3. The van der Waals surface area contributed by atoms with E-state index in [4.69, 9.17) is 47.0 Å². The highest BCUT2D eigenvalue weighted by Crippen LogP contribution is 2.28. The van der Waals surface area contributed by atoms with Crippen LogP contribution in [0.25, 0.3) is 0 Å². The highest BCUT2D eigenvalue weighted by molar-refractivity contribution is 7.98. The summed E-state index contributed by atoms with van der Waals surface area (Å²) in [6.45, 7) is 2.71. The Labute approximate surface area is 167 Å². The summed E-state index contributed by atoms with van der Waals surface area (Å²) in [5.74, 6) is 1.66. The number of hydrogen-bond acceptors (Lipinski definition) is 2. The fraction of sp³-hybridized carbons (Fsp3) is 0.235. The van der Waals surface area contributed by atoms with Gasteiger partial charge in [0.05, 0.1) is 0 Å². The molecule has 0 radical (unpaired) electrons. The van der Waals surface area contributed by atoms with Gasteiger partial charge in [0.15, 0.2) is 5.11 Å². The van der Waals surface area contributed by atoms with Crippen LogP contribution in [0.3, 0.4) is 0 Å². The molecule has 2 aromatic rings. The smallest absolute Gasteiger partial charge is 0.170 e. The van der Waals surface area contributed by atoms with Crippen LogP contribution in [0.5, 0.6) is 0 Å². The summed E-state index contributed by atoms with van der Waals surface area (Å²) < 4.78 is 0. The Balaban J connectivity index is 1.70. The van der Waals surface area contributed by atoms with Crippen molar-refractivity contribution < 1.29 is 0 Å². The van der Waals surface area contributed by atoms with Crippen molar-refractivity contribution >= 4 is 69.6 Å². The molecule has 2 aromatic carbocycles. The van der Waals surface area contributed by atoms with Crippen LogP contribution in [0, 0.1) is 6.92 Å². The lowest BCUT2D eigenvalue weighted by molar-refractivity contribution is 0.990. The maximum atomic E-state index is 6.15. The summed E-state index contributed by atoms with van der Waals surface area (Å²) in [4.78, 5) is 0. The molecular formula is C17H17Cl3N2S2. The first-order valence-electron chi connectivity index (χ1n) is 7.29. The van der Waals surface area contributed by atoms with Crippen LogP contribution in [-0.2, 0) is 5.75 Å². The molecule has 0 aliphatic heterocycles. The molecule has 0 aliphatic rings. The van der Waals surface area contributed by atoms with Crippen LogP contribution < -0.4 is 10.6 Å². The third-order valence-electron chi connectivity index (χ3n) is 3.27. The van der Waals surface area contributed by atoms with Gasteiger partial charge in [0, 0.05) is 38.8 Å². The molecule has 2 N–H and O–H groups in total. The molecule has 0 amide bonds. The van der Waals surface area contributed by atoms with Gasteiger partial charge in [-0.2, -0.15) is 11.8 Å². The molecule has 7 heteroatoms. The molecule has 128 valence electrons. The zero-order valence-corrected chi connectivity index (χ0v) is 16.9. The summed E-state index contributed by atoms with van der Waals surface area (Å²) >= 11 is 25.4. The van der Waals surface area contributed by atoms with Gasteiger partial charge in [0.1, 0.15) is 0 Å². The summed E-state index contributed by atoms with van der Waals surface area (Å²) in [5.41, 5.74) is 2.88. The SMILES string of the molecule is Cc1ccc(NC(=S)NCCSCc2c(Cl)cccc2Cl)cc1Cl. The molecule has 0 heterocycles. The van der Waals surface area contributed by atoms with Gasteiger partial charge in [-0.15, -0.1) is 0 Å². The van der Waals surface area contributed by atoms with Gasteiger partial charge >= 0.3 is 0 Å². The molecule has 0 aliphatic carbocycles. The zero-order valence-electron chi connectivity index (χ0n) is 13.0. The second kappa shape index (κ2) is 9.73. The van der Waals surface area contributed by atoms with Crippen molar-refractivity contribution in [1.29, 1.82) is 0 Å². The predicted octanol–water partition coefficient (Wildman–Crippen LogP) is 6.18. The van der Waals surface area contributed by atoms with Crippen LogP contribution in [0.1, 0.15) is 11.1 Å². The van der Waals surface area contributed by atoms with Gasteiger partial charge in [-0.25, -0.2) is 0 Å². The fourth-order valence-corrected chi connectivity index (χ4v) is 3.92. The highest BCUT2D eigenvalue weighted by atomic mass is 35.5. The van der Waals surface area contributed by atoms with E-state index in [-0.39, 0.29) is 0 Å². The molecule has 0 bridgehead atoms. The van der Waals surface area contributed by atoms with E-state index in [0.717, 1.165) is 39.9 Å². The van der Waals surface area contributed by atoms with Crippen molar-refractivity contribution in [2.24, 2.45) is 0 Å². The lowest BCUT2D eigenvalue weighted by atomic mass is 10.2. The van der Waals surface area contributed by atoms with E-state index < -0.39 is 0 Å². The van der Waals surface area contributed by atoms with Gasteiger partial charge in [0.2, 0.25) is 0 Å². The van der Waals surface area contributed by atoms with E-state index in [9.17, 15) is 0 Å². The lowest BCUT2D eigenvalue weighted by Crippen LogP contribution is -2.30. The molecule has 0 saturated heterocycles. The van der Waals surface area contributed by atoms with Crippen molar-refractivity contribution in [3.05, 3.63) is 62.6 Å². The molecule has 0 saturated carbocycles. The third kappa shape index (κ3) is 6.01. The molecule has 0 spiro atoms. The number of thiocarbonyl (C=S) groups is 1. The number of benzene rings is 2. The van der Waals surface area contributed by atoms with Crippen molar-refractivity contribution in [3.8, 4) is 0 Å². The van der Waals surface area contributed by atoms with E-state index in [1.165, 1.54) is 0 Å². The second-order valence-electron chi connectivity index (χ2n) is 5.10. The average molecular weight is 420 g/mol. The Bertz CT molecular complexity index is 703. The standard InChI is InChI=1S/C17H17Cl3N2S2/c1-11-5-6-12(9-16(11)20)22-17(23)21-7-8-24-10-13-14(18)3-2-4-15(13)19/h2-6,9H,7-8,10H2,1H3,(H2,21,22,23). The van der Waals surface area contributed by atoms with Crippen LogP contribution in [0.2, 0.25) is 15.1 Å². The highest BCUT2D eigenvalue weighted by Gasteiger charge is 2.05. The van der Waals surface area contributed by atoms with Gasteiger partial charge in [0.25, 0.3) is 0 Å². The molecule has 2 nitrogen and oxygen atoms in total. The van der Waals surface area contributed by atoms with E-state index in [1.54, 1.807) is 11.8 Å². The first-order valence-corrected chi connectivity index (χ1v) is 9.98. The lowest BCUT2D eigenvalue weighted by Gasteiger charge is -2.11. The number of aryl methyl sites for hydroxylation is 1. The van der Waals surface area contributed by atoms with Gasteiger partial charge in [-0.1, -0.05) is 46.9 Å². The largest absolute Gasteiger partial charge is 0.362 e. The van der Waals surface area contributed by atoms with Gasteiger partial charge in [-0.05, 0) is 54.5 Å². The minimum absolute atomic E-state index is 0.575. The van der Waals surface area contributed by atoms with Crippen molar-refractivity contribution in [3.63, 3.8) is 0 Å². The van der Waals surface area contributed by atoms with E-state index in [1.807, 2.05) is 43.3 Å². The molecule has 2 rings (SSSR count). The summed E-state index contributed by atoms with van der Waals surface area (Å²) in [6.07, 6.45) is 0. The Hall–Kier alpha value is -0.650. The topological polar surface area (TPSA) is 24.1 Å². The third-order valence-corrected chi connectivity index (χ3v) is 5.62. The molecular weight excluding hydrogens is 403 g/mol. The monoisotopic (exact) mass is 418 g/mol. The van der Waals surface area contributed by atoms with Crippen LogP contribution in [0.4, 0.5) is 5.69 Å². The maximum Gasteiger partial charge on any atom is 0.170 e. The number of thioether (sulfide) groups is 1. The van der Waals surface area contributed by atoms with E-state index in [2.05, 4.69) is 10.6 Å². The van der Waals surface area contributed by atoms with Gasteiger partial charge in [-0.3, -0.25) is 0 Å².